The quantitative estimate of drug-likeness (QED) is 0.249. The fourth-order valence-electron chi connectivity index (χ4n) is 3.94. The van der Waals surface area contributed by atoms with E-state index in [1.165, 1.54) is 0 Å². The lowest BCUT2D eigenvalue weighted by Crippen LogP contribution is -2.56. The third-order valence-electron chi connectivity index (χ3n) is 5.95. The number of piperazine rings is 1. The third kappa shape index (κ3) is 11.0. The normalized spacial score (nSPS) is 14.6. The number of carbonyl (C=O) groups excluding carboxylic acids is 3. The first kappa shape index (κ1) is 31.6. The summed E-state index contributed by atoms with van der Waals surface area (Å²) >= 11 is 0. The average molecular weight is 556 g/mol. The Kier molecular flexibility index (Phi) is 14.2. The molecule has 1 N–H and O–H groups in total. The van der Waals surface area contributed by atoms with E-state index in [0.717, 1.165) is 18.4 Å². The molecule has 2 rings (SSSR count). The third-order valence-corrected chi connectivity index (χ3v) is 8.12. The van der Waals surface area contributed by atoms with Gasteiger partial charge in [0.05, 0.1) is 26.0 Å². The average Bonchev–Trinajstić information content (AvgIpc) is 2.92. The van der Waals surface area contributed by atoms with Gasteiger partial charge in [0.1, 0.15) is 12.6 Å². The second kappa shape index (κ2) is 17.1. The molecular formula is C26H42N3O8P. The van der Waals surface area contributed by atoms with Crippen LogP contribution in [0.1, 0.15) is 52.0 Å². The van der Waals surface area contributed by atoms with Gasteiger partial charge in [0, 0.05) is 26.2 Å². The van der Waals surface area contributed by atoms with Gasteiger partial charge in [-0.25, -0.2) is 9.59 Å². The van der Waals surface area contributed by atoms with Crippen molar-refractivity contribution in [3.05, 3.63) is 35.9 Å². The summed E-state index contributed by atoms with van der Waals surface area (Å²) in [5, 5.41) is 2.67. The number of rotatable bonds is 15. The number of nitrogens with zero attached hydrogens (tertiary/aromatic N) is 2. The van der Waals surface area contributed by atoms with E-state index in [9.17, 15) is 18.9 Å². The van der Waals surface area contributed by atoms with Crippen molar-refractivity contribution in [2.24, 2.45) is 0 Å². The molecule has 0 unspecified atom stereocenters. The molecule has 1 aromatic rings. The van der Waals surface area contributed by atoms with Crippen molar-refractivity contribution in [3.63, 3.8) is 0 Å². The van der Waals surface area contributed by atoms with E-state index < -0.39 is 19.7 Å². The van der Waals surface area contributed by atoms with E-state index in [1.54, 1.807) is 23.6 Å². The lowest BCUT2D eigenvalue weighted by atomic mass is 10.1. The minimum atomic E-state index is -3.28. The van der Waals surface area contributed by atoms with Gasteiger partial charge in [-0.3, -0.25) is 9.36 Å². The number of ether oxygens (including phenoxy) is 2. The molecule has 0 bridgehead atoms. The molecule has 214 valence electrons. The number of amides is 3. The molecule has 1 aliphatic heterocycles. The van der Waals surface area contributed by atoms with Crippen LogP contribution in [0.25, 0.3) is 0 Å². The highest BCUT2D eigenvalue weighted by Crippen LogP contribution is 2.48. The summed E-state index contributed by atoms with van der Waals surface area (Å²) in [5.74, 6) is -0.289. The predicted molar refractivity (Wildman–Crippen MR) is 143 cm³/mol. The number of hydrogen-bond donors (Lipinski definition) is 1. The first-order valence-corrected chi connectivity index (χ1v) is 15.1. The highest BCUT2D eigenvalue weighted by Gasteiger charge is 2.32. The molecule has 1 aromatic carbocycles. The zero-order valence-corrected chi connectivity index (χ0v) is 23.7. The Bertz CT molecular complexity index is 899. The molecule has 0 spiro atoms. The Hall–Kier alpha value is -2.62. The van der Waals surface area contributed by atoms with Gasteiger partial charge < -0.3 is 33.6 Å². The lowest BCUT2D eigenvalue weighted by molar-refractivity contribution is -0.135. The Morgan fingerprint density at radius 3 is 2.16 bits per heavy atom. The molecule has 3 amide bonds. The molecule has 1 fully saturated rings. The van der Waals surface area contributed by atoms with Crippen molar-refractivity contribution in [1.29, 1.82) is 0 Å². The van der Waals surface area contributed by atoms with Crippen LogP contribution in [0.4, 0.5) is 9.59 Å². The van der Waals surface area contributed by atoms with Gasteiger partial charge in [-0.1, -0.05) is 43.7 Å². The van der Waals surface area contributed by atoms with Crippen molar-refractivity contribution in [3.8, 4) is 0 Å². The van der Waals surface area contributed by atoms with E-state index in [-0.39, 0.29) is 44.4 Å². The standard InChI is InChI=1S/C26H42N3O8P/c1-4-7-19-34-26(32)29-17-15-28(16-18-29)24(30)23(14-11-20-38(33,36-5-2)37-6-3)27-25(31)35-21-22-12-9-8-10-13-22/h8-10,12-13,23H,4-7,11,14-21H2,1-3H3,(H,27,31)/t23-/m1/s1. The SMILES string of the molecule is CCCCOC(=O)N1CCN(C(=O)[C@@H](CCCP(=O)(OCC)OCC)NC(=O)OCc2ccccc2)CC1. The molecule has 1 heterocycles. The van der Waals surface area contributed by atoms with Crippen LogP contribution < -0.4 is 5.32 Å². The van der Waals surface area contributed by atoms with Crippen LogP contribution in [0.5, 0.6) is 0 Å². The van der Waals surface area contributed by atoms with E-state index in [4.69, 9.17) is 18.5 Å². The minimum Gasteiger partial charge on any atom is -0.449 e. The maximum Gasteiger partial charge on any atom is 0.409 e. The van der Waals surface area contributed by atoms with Crippen molar-refractivity contribution < 1.29 is 37.5 Å². The van der Waals surface area contributed by atoms with Crippen LogP contribution in [-0.2, 0) is 34.5 Å². The number of carbonyl (C=O) groups is 3. The molecule has 1 atom stereocenters. The van der Waals surface area contributed by atoms with E-state index in [1.807, 2.05) is 37.3 Å². The number of hydrogen-bond acceptors (Lipinski definition) is 8. The number of nitrogens with one attached hydrogen (secondary N) is 1. The maximum atomic E-state index is 13.4. The Morgan fingerprint density at radius 1 is 0.921 bits per heavy atom. The fraction of sp³-hybridized carbons (Fsp3) is 0.654. The van der Waals surface area contributed by atoms with Crippen LogP contribution in [0.3, 0.4) is 0 Å². The van der Waals surface area contributed by atoms with E-state index >= 15 is 0 Å². The Labute approximate surface area is 225 Å². The number of benzene rings is 1. The monoisotopic (exact) mass is 555 g/mol. The van der Waals surface area contributed by atoms with E-state index in [2.05, 4.69) is 5.32 Å². The molecule has 0 aromatic heterocycles. The van der Waals surface area contributed by atoms with Gasteiger partial charge in [0.25, 0.3) is 0 Å². The second-order valence-corrected chi connectivity index (χ2v) is 11.0. The molecule has 11 nitrogen and oxygen atoms in total. The molecular weight excluding hydrogens is 513 g/mol. The van der Waals surface area contributed by atoms with E-state index in [0.29, 0.717) is 39.2 Å². The van der Waals surface area contributed by atoms with Crippen LogP contribution in [-0.4, -0.2) is 86.1 Å². The summed E-state index contributed by atoms with van der Waals surface area (Å²) in [6.45, 7) is 7.73. The molecule has 0 radical (unpaired) electrons. The van der Waals surface area contributed by atoms with Gasteiger partial charge in [0.2, 0.25) is 5.91 Å². The largest absolute Gasteiger partial charge is 0.449 e. The number of unbranched alkanes of at least 4 members (excludes halogenated alkanes) is 1. The Morgan fingerprint density at radius 2 is 1.55 bits per heavy atom. The first-order chi connectivity index (χ1) is 18.3. The van der Waals surface area contributed by atoms with Crippen LogP contribution >= 0.6 is 7.60 Å². The van der Waals surface area contributed by atoms with Crippen LogP contribution in [0.2, 0.25) is 0 Å². The summed E-state index contributed by atoms with van der Waals surface area (Å²) in [4.78, 5) is 41.4. The minimum absolute atomic E-state index is 0.0658. The van der Waals surface area contributed by atoms with Crippen LogP contribution in [0, 0.1) is 0 Å². The maximum absolute atomic E-state index is 13.4. The second-order valence-electron chi connectivity index (χ2n) is 8.85. The smallest absolute Gasteiger partial charge is 0.409 e. The van der Waals surface area contributed by atoms with Gasteiger partial charge in [-0.15, -0.1) is 0 Å². The molecule has 0 saturated carbocycles. The lowest BCUT2D eigenvalue weighted by Gasteiger charge is -2.36. The summed E-state index contributed by atoms with van der Waals surface area (Å²) in [5.41, 5.74) is 0.821. The first-order valence-electron chi connectivity index (χ1n) is 13.4. The predicted octanol–water partition coefficient (Wildman–Crippen LogP) is 4.41. The zero-order chi connectivity index (χ0) is 27.8. The van der Waals surface area contributed by atoms with Crippen molar-refractivity contribution in [2.75, 3.05) is 52.2 Å². The Balaban J connectivity index is 1.98. The van der Waals surface area contributed by atoms with Crippen molar-refractivity contribution in [2.45, 2.75) is 59.1 Å². The van der Waals surface area contributed by atoms with Gasteiger partial charge in [-0.2, -0.15) is 0 Å². The fourth-order valence-corrected chi connectivity index (χ4v) is 5.63. The van der Waals surface area contributed by atoms with Crippen molar-refractivity contribution in [1.82, 2.24) is 15.1 Å². The summed E-state index contributed by atoms with van der Waals surface area (Å²) in [6, 6.07) is 8.34. The summed E-state index contributed by atoms with van der Waals surface area (Å²) in [6.07, 6.45) is 1.31. The zero-order valence-electron chi connectivity index (χ0n) is 22.8. The van der Waals surface area contributed by atoms with Gasteiger partial charge in [0.15, 0.2) is 0 Å². The topological polar surface area (TPSA) is 124 Å². The molecule has 0 aliphatic carbocycles. The molecule has 12 heteroatoms. The summed E-state index contributed by atoms with van der Waals surface area (Å²) < 4.78 is 34.1. The highest BCUT2D eigenvalue weighted by atomic mass is 31.2. The molecule has 1 aliphatic rings. The molecule has 38 heavy (non-hydrogen) atoms. The van der Waals surface area contributed by atoms with Crippen molar-refractivity contribution >= 4 is 25.7 Å². The van der Waals surface area contributed by atoms with Gasteiger partial charge in [-0.05, 0) is 38.7 Å². The van der Waals surface area contributed by atoms with Gasteiger partial charge >= 0.3 is 19.8 Å². The summed E-state index contributed by atoms with van der Waals surface area (Å²) in [7, 11) is -3.28. The molecule has 1 saturated heterocycles. The highest BCUT2D eigenvalue weighted by molar-refractivity contribution is 7.53. The van der Waals surface area contributed by atoms with Crippen LogP contribution in [0.15, 0.2) is 30.3 Å². The number of alkyl carbamates (subject to hydrolysis) is 1.